The van der Waals surface area contributed by atoms with Crippen LogP contribution in [0.4, 0.5) is 0 Å². The van der Waals surface area contributed by atoms with E-state index in [4.69, 9.17) is 4.74 Å². The molecule has 2 N–H and O–H groups in total. The number of aromatic hydroxyl groups is 1. The van der Waals surface area contributed by atoms with E-state index in [1.807, 2.05) is 32.9 Å². The molecule has 0 bridgehead atoms. The molecule has 0 radical (unpaired) electrons. The van der Waals surface area contributed by atoms with Gasteiger partial charge in [0.15, 0.2) is 0 Å². The van der Waals surface area contributed by atoms with Gasteiger partial charge in [0.25, 0.3) is 0 Å². The summed E-state index contributed by atoms with van der Waals surface area (Å²) in [6, 6.07) is 7.00. The minimum Gasteiger partial charge on any atom is -0.870 e. The minimum absolute atomic E-state index is 0. The van der Waals surface area contributed by atoms with Crippen molar-refractivity contribution < 1.29 is 76.3 Å². The molecule has 0 unspecified atom stereocenters. The van der Waals surface area contributed by atoms with Crippen molar-refractivity contribution in [3.05, 3.63) is 57.6 Å². The Balaban J connectivity index is 0. The first-order valence-electron chi connectivity index (χ1n) is 7.78. The van der Waals surface area contributed by atoms with Crippen LogP contribution in [0, 0.1) is 27.7 Å². The van der Waals surface area contributed by atoms with Crippen LogP contribution in [0.1, 0.15) is 49.9 Å². The molecule has 0 aliphatic carbocycles. The molecule has 5 nitrogen and oxygen atoms in total. The molecule has 0 spiro atoms. The number of aldehydes is 2. The Kier molecular flexibility index (Phi) is 13.8. The summed E-state index contributed by atoms with van der Waals surface area (Å²) in [4.78, 5) is 20.9. The molecular formula is C20H25KO5. The standard InChI is InChI=1S/C11H14O2.C9H10O2.K.H2O/c1-4-13-11-8(2)5-10(7-12)6-9(11)3;1-6-3-8(5-10)4-7(2)9(6)11;;/h5-7H,4H2,1-3H3;3-5,11H,1-2H3;;1H2/q;;+1;/p-1. The van der Waals surface area contributed by atoms with Crippen molar-refractivity contribution >= 4 is 12.6 Å². The van der Waals surface area contributed by atoms with Gasteiger partial charge >= 0.3 is 51.4 Å². The van der Waals surface area contributed by atoms with E-state index in [2.05, 4.69) is 0 Å². The van der Waals surface area contributed by atoms with Crippen molar-refractivity contribution in [3.8, 4) is 11.5 Å². The Morgan fingerprint density at radius 1 is 0.846 bits per heavy atom. The summed E-state index contributed by atoms with van der Waals surface area (Å²) in [6.07, 6.45) is 1.63. The Morgan fingerprint density at radius 3 is 1.50 bits per heavy atom. The molecule has 0 atom stereocenters. The third-order valence-electron chi connectivity index (χ3n) is 3.56. The molecule has 136 valence electrons. The first-order chi connectivity index (χ1) is 11.3. The zero-order valence-electron chi connectivity index (χ0n) is 16.3. The number of rotatable bonds is 4. The van der Waals surface area contributed by atoms with Crippen LogP contribution in [0.5, 0.6) is 11.5 Å². The van der Waals surface area contributed by atoms with E-state index in [9.17, 15) is 14.7 Å². The van der Waals surface area contributed by atoms with Crippen molar-refractivity contribution in [2.45, 2.75) is 34.6 Å². The maximum absolute atomic E-state index is 10.5. The van der Waals surface area contributed by atoms with Gasteiger partial charge in [-0.2, -0.15) is 0 Å². The molecule has 0 aliphatic heterocycles. The fourth-order valence-corrected chi connectivity index (χ4v) is 2.48. The zero-order valence-corrected chi connectivity index (χ0v) is 19.4. The van der Waals surface area contributed by atoms with Crippen LogP contribution < -0.4 is 56.1 Å². The Bertz CT molecular complexity index is 695. The maximum atomic E-state index is 10.5. The molecule has 0 aromatic heterocycles. The minimum atomic E-state index is 0. The molecule has 0 amide bonds. The van der Waals surface area contributed by atoms with Crippen molar-refractivity contribution in [2.24, 2.45) is 0 Å². The van der Waals surface area contributed by atoms with Crippen LogP contribution >= 0.6 is 0 Å². The average Bonchev–Trinajstić information content (AvgIpc) is 2.55. The van der Waals surface area contributed by atoms with E-state index in [0.29, 0.717) is 17.7 Å². The normalized spacial score (nSPS) is 8.96. The Labute approximate surface area is 197 Å². The maximum Gasteiger partial charge on any atom is 1.00 e. The Morgan fingerprint density at radius 2 is 1.19 bits per heavy atom. The fourth-order valence-electron chi connectivity index (χ4n) is 2.48. The van der Waals surface area contributed by atoms with Crippen LogP contribution in [0.15, 0.2) is 24.3 Å². The van der Waals surface area contributed by atoms with Crippen LogP contribution in [-0.4, -0.2) is 29.8 Å². The fraction of sp³-hybridized carbons (Fsp3) is 0.300. The molecule has 2 rings (SSSR count). The predicted molar refractivity (Wildman–Crippen MR) is 97.4 cm³/mol. The van der Waals surface area contributed by atoms with Crippen LogP contribution in [0.3, 0.4) is 0 Å². The molecule has 2 aromatic rings. The van der Waals surface area contributed by atoms with Gasteiger partial charge in [-0.05, 0) is 81.1 Å². The second-order valence-corrected chi connectivity index (χ2v) is 5.66. The van der Waals surface area contributed by atoms with E-state index in [1.54, 1.807) is 26.0 Å². The van der Waals surface area contributed by atoms with E-state index in [-0.39, 0.29) is 62.6 Å². The van der Waals surface area contributed by atoms with Crippen molar-refractivity contribution in [3.63, 3.8) is 0 Å². The summed E-state index contributed by atoms with van der Waals surface area (Å²) in [6.45, 7) is 10.1. The molecule has 26 heavy (non-hydrogen) atoms. The monoisotopic (exact) mass is 384 g/mol. The average molecular weight is 385 g/mol. The number of phenols is 1. The van der Waals surface area contributed by atoms with Gasteiger partial charge in [-0.15, -0.1) is 0 Å². The summed E-state index contributed by atoms with van der Waals surface area (Å²) in [5.74, 6) is 1.17. The second kappa shape index (κ2) is 13.2. The topological polar surface area (TPSA) is 93.6 Å². The summed E-state index contributed by atoms with van der Waals surface area (Å²) in [5.41, 5.74) is 4.84. The van der Waals surface area contributed by atoms with Crippen LogP contribution in [0.2, 0.25) is 0 Å². The number of hydrogen-bond acceptors (Lipinski definition) is 5. The van der Waals surface area contributed by atoms with Gasteiger partial charge in [0.05, 0.1) is 6.61 Å². The molecule has 0 heterocycles. The zero-order chi connectivity index (χ0) is 18.3. The third-order valence-corrected chi connectivity index (χ3v) is 3.56. The van der Waals surface area contributed by atoms with Crippen molar-refractivity contribution in [1.29, 1.82) is 0 Å². The number of benzene rings is 2. The van der Waals surface area contributed by atoms with Gasteiger partial charge in [-0.1, -0.05) is 0 Å². The van der Waals surface area contributed by atoms with Crippen LogP contribution in [0.25, 0.3) is 0 Å². The van der Waals surface area contributed by atoms with Gasteiger partial charge in [0.2, 0.25) is 0 Å². The number of carbonyl (C=O) groups is 2. The number of ether oxygens (including phenoxy) is 1. The van der Waals surface area contributed by atoms with Gasteiger partial charge in [0.1, 0.15) is 24.1 Å². The summed E-state index contributed by atoms with van der Waals surface area (Å²) < 4.78 is 5.45. The summed E-state index contributed by atoms with van der Waals surface area (Å²) in [7, 11) is 0. The number of carbonyl (C=O) groups excluding carboxylic acids is 2. The second-order valence-electron chi connectivity index (χ2n) is 5.66. The van der Waals surface area contributed by atoms with E-state index < -0.39 is 0 Å². The first-order valence-corrected chi connectivity index (χ1v) is 7.78. The largest absolute Gasteiger partial charge is 1.00 e. The molecule has 0 fully saturated rings. The quantitative estimate of drug-likeness (QED) is 0.631. The van der Waals surface area contributed by atoms with Gasteiger partial charge in [-0.25, -0.2) is 0 Å². The number of aryl methyl sites for hydroxylation is 4. The third kappa shape index (κ3) is 7.69. The molecule has 0 aliphatic rings. The van der Waals surface area contributed by atoms with Crippen molar-refractivity contribution in [1.82, 2.24) is 0 Å². The first kappa shape index (κ1) is 27.2. The smallest absolute Gasteiger partial charge is 0.870 e. The SMILES string of the molecule is CCOc1c(C)cc(C=O)cc1C.Cc1cc(C=O)cc(C)c1O.[K+].[OH-]. The van der Waals surface area contributed by atoms with Gasteiger partial charge in [-0.3, -0.25) is 9.59 Å². The predicted octanol–water partition coefficient (Wildman–Crippen LogP) is 1.16. The van der Waals surface area contributed by atoms with E-state index in [1.165, 1.54) is 0 Å². The Hall–Kier alpha value is -1.02. The molecular weight excluding hydrogens is 359 g/mol. The van der Waals surface area contributed by atoms with Gasteiger partial charge < -0.3 is 15.3 Å². The molecule has 6 heteroatoms. The molecule has 0 saturated heterocycles. The summed E-state index contributed by atoms with van der Waals surface area (Å²) >= 11 is 0. The number of hydrogen-bond donors (Lipinski definition) is 1. The van der Waals surface area contributed by atoms with Crippen LogP contribution in [-0.2, 0) is 0 Å². The van der Waals surface area contributed by atoms with E-state index >= 15 is 0 Å². The van der Waals surface area contributed by atoms with Gasteiger partial charge in [0, 0.05) is 11.1 Å². The molecule has 2 aromatic carbocycles. The molecule has 0 saturated carbocycles. The van der Waals surface area contributed by atoms with Crippen molar-refractivity contribution in [2.75, 3.05) is 6.61 Å². The van der Waals surface area contributed by atoms with E-state index in [0.717, 1.165) is 40.6 Å². The summed E-state index contributed by atoms with van der Waals surface area (Å²) in [5, 5.41) is 9.31. The number of phenolic OH excluding ortho intramolecular Hbond substituents is 1.